The second-order valence-electron chi connectivity index (χ2n) is 4.88. The minimum atomic E-state index is 0.310. The summed E-state index contributed by atoms with van der Waals surface area (Å²) in [6, 6.07) is 6.87. The van der Waals surface area contributed by atoms with Gasteiger partial charge < -0.3 is 5.73 Å². The van der Waals surface area contributed by atoms with Gasteiger partial charge in [0.25, 0.3) is 0 Å². The maximum atomic E-state index is 5.81. The molecule has 0 aromatic heterocycles. The summed E-state index contributed by atoms with van der Waals surface area (Å²) in [4.78, 5) is 0. The van der Waals surface area contributed by atoms with Gasteiger partial charge in [-0.1, -0.05) is 25.1 Å². The first-order valence-electron chi connectivity index (χ1n) is 5.81. The zero-order valence-electron chi connectivity index (χ0n) is 10.4. The van der Waals surface area contributed by atoms with Gasteiger partial charge >= 0.3 is 0 Å². The summed E-state index contributed by atoms with van der Waals surface area (Å²) in [5.41, 5.74) is 10.1. The van der Waals surface area contributed by atoms with Crippen LogP contribution in [0.25, 0.3) is 0 Å². The van der Waals surface area contributed by atoms with Crippen LogP contribution in [-0.4, -0.2) is 6.04 Å². The molecule has 1 nitrogen and oxygen atoms in total. The van der Waals surface area contributed by atoms with E-state index in [0.717, 1.165) is 12.8 Å². The zero-order valence-corrected chi connectivity index (χ0v) is 10.4. The lowest BCUT2D eigenvalue weighted by atomic mass is 9.91. The van der Waals surface area contributed by atoms with E-state index < -0.39 is 0 Å². The minimum Gasteiger partial charge on any atom is -0.328 e. The van der Waals surface area contributed by atoms with E-state index in [1.165, 1.54) is 16.7 Å². The summed E-state index contributed by atoms with van der Waals surface area (Å²) in [7, 11) is 0. The molecular formula is C14H23N. The number of aryl methyl sites for hydroxylation is 1. The van der Waals surface area contributed by atoms with Crippen LogP contribution in [0.1, 0.15) is 37.0 Å². The van der Waals surface area contributed by atoms with Crippen molar-refractivity contribution in [3.63, 3.8) is 0 Å². The number of hydrogen-bond donors (Lipinski definition) is 1. The lowest BCUT2D eigenvalue weighted by Crippen LogP contribution is -2.19. The number of nitrogens with two attached hydrogens (primary N) is 1. The third-order valence-corrected chi connectivity index (χ3v) is 3.06. The maximum absolute atomic E-state index is 5.81. The standard InChI is InChI=1S/C14H23N/c1-10(8-12(3)15)9-14-7-5-6-11(2)13(14)4/h5-7,10,12H,8-9,15H2,1-4H3. The third kappa shape index (κ3) is 3.67. The summed E-state index contributed by atoms with van der Waals surface area (Å²) in [5, 5.41) is 0. The van der Waals surface area contributed by atoms with Crippen molar-refractivity contribution in [1.82, 2.24) is 0 Å². The first-order valence-corrected chi connectivity index (χ1v) is 5.81. The predicted molar refractivity (Wildman–Crippen MR) is 67.1 cm³/mol. The van der Waals surface area contributed by atoms with Crippen molar-refractivity contribution in [2.45, 2.75) is 46.6 Å². The van der Waals surface area contributed by atoms with Gasteiger partial charge in [-0.3, -0.25) is 0 Å². The van der Waals surface area contributed by atoms with E-state index in [0.29, 0.717) is 12.0 Å². The van der Waals surface area contributed by atoms with Crippen molar-refractivity contribution in [3.8, 4) is 0 Å². The highest BCUT2D eigenvalue weighted by molar-refractivity contribution is 5.33. The lowest BCUT2D eigenvalue weighted by molar-refractivity contribution is 0.479. The summed E-state index contributed by atoms with van der Waals surface area (Å²) < 4.78 is 0. The Balaban J connectivity index is 2.68. The van der Waals surface area contributed by atoms with E-state index in [1.807, 2.05) is 0 Å². The van der Waals surface area contributed by atoms with Crippen LogP contribution >= 0.6 is 0 Å². The van der Waals surface area contributed by atoms with Gasteiger partial charge in [0.05, 0.1) is 0 Å². The Morgan fingerprint density at radius 1 is 1.20 bits per heavy atom. The second-order valence-corrected chi connectivity index (χ2v) is 4.88. The van der Waals surface area contributed by atoms with Crippen LogP contribution in [0.3, 0.4) is 0 Å². The van der Waals surface area contributed by atoms with Gasteiger partial charge in [0.1, 0.15) is 0 Å². The first kappa shape index (κ1) is 12.3. The van der Waals surface area contributed by atoms with E-state index in [9.17, 15) is 0 Å². The molecule has 84 valence electrons. The van der Waals surface area contributed by atoms with Crippen molar-refractivity contribution >= 4 is 0 Å². The van der Waals surface area contributed by atoms with Crippen LogP contribution in [-0.2, 0) is 6.42 Å². The van der Waals surface area contributed by atoms with Gasteiger partial charge in [0.15, 0.2) is 0 Å². The molecule has 0 amide bonds. The Hall–Kier alpha value is -0.820. The van der Waals surface area contributed by atoms with Crippen molar-refractivity contribution < 1.29 is 0 Å². The Kier molecular flexibility index (Phi) is 4.34. The fourth-order valence-corrected chi connectivity index (χ4v) is 2.13. The highest BCUT2D eigenvalue weighted by atomic mass is 14.6. The van der Waals surface area contributed by atoms with Crippen LogP contribution in [0.2, 0.25) is 0 Å². The Morgan fingerprint density at radius 3 is 2.47 bits per heavy atom. The summed E-state index contributed by atoms with van der Waals surface area (Å²) >= 11 is 0. The van der Waals surface area contributed by atoms with Gasteiger partial charge in [-0.15, -0.1) is 0 Å². The quantitative estimate of drug-likeness (QED) is 0.802. The highest BCUT2D eigenvalue weighted by Crippen LogP contribution is 2.18. The van der Waals surface area contributed by atoms with E-state index >= 15 is 0 Å². The molecule has 0 fully saturated rings. The van der Waals surface area contributed by atoms with Crippen molar-refractivity contribution in [3.05, 3.63) is 34.9 Å². The molecule has 0 aliphatic carbocycles. The normalized spacial score (nSPS) is 15.0. The van der Waals surface area contributed by atoms with E-state index in [1.54, 1.807) is 0 Å². The Bertz CT molecular complexity index is 315. The second kappa shape index (κ2) is 5.32. The topological polar surface area (TPSA) is 26.0 Å². The molecule has 15 heavy (non-hydrogen) atoms. The monoisotopic (exact) mass is 205 g/mol. The Labute approximate surface area is 93.7 Å². The van der Waals surface area contributed by atoms with Gasteiger partial charge in [-0.25, -0.2) is 0 Å². The van der Waals surface area contributed by atoms with Crippen molar-refractivity contribution in [2.24, 2.45) is 11.7 Å². The molecule has 2 unspecified atom stereocenters. The van der Waals surface area contributed by atoms with Crippen LogP contribution in [0.5, 0.6) is 0 Å². The molecule has 0 heterocycles. The average Bonchev–Trinajstić information content (AvgIpc) is 2.11. The molecule has 1 rings (SSSR count). The van der Waals surface area contributed by atoms with Crippen LogP contribution in [0.15, 0.2) is 18.2 Å². The molecule has 0 radical (unpaired) electrons. The van der Waals surface area contributed by atoms with Gasteiger partial charge in [-0.2, -0.15) is 0 Å². The van der Waals surface area contributed by atoms with Crippen LogP contribution < -0.4 is 5.73 Å². The van der Waals surface area contributed by atoms with Crippen molar-refractivity contribution in [2.75, 3.05) is 0 Å². The highest BCUT2D eigenvalue weighted by Gasteiger charge is 2.08. The molecule has 0 saturated heterocycles. The SMILES string of the molecule is Cc1cccc(CC(C)CC(C)N)c1C. The fourth-order valence-electron chi connectivity index (χ4n) is 2.13. The van der Waals surface area contributed by atoms with E-state index in [-0.39, 0.29) is 0 Å². The van der Waals surface area contributed by atoms with E-state index in [4.69, 9.17) is 5.73 Å². The third-order valence-electron chi connectivity index (χ3n) is 3.06. The van der Waals surface area contributed by atoms with Crippen molar-refractivity contribution in [1.29, 1.82) is 0 Å². The largest absolute Gasteiger partial charge is 0.328 e. The molecule has 0 spiro atoms. The maximum Gasteiger partial charge on any atom is 0.00131 e. The molecule has 1 aromatic carbocycles. The number of rotatable bonds is 4. The Morgan fingerprint density at radius 2 is 1.87 bits per heavy atom. The van der Waals surface area contributed by atoms with Crippen LogP contribution in [0.4, 0.5) is 0 Å². The average molecular weight is 205 g/mol. The number of hydrogen-bond acceptors (Lipinski definition) is 1. The molecular weight excluding hydrogens is 182 g/mol. The molecule has 0 aliphatic rings. The molecule has 0 aliphatic heterocycles. The summed E-state index contributed by atoms with van der Waals surface area (Å²) in [6.45, 7) is 8.75. The minimum absolute atomic E-state index is 0.310. The smallest absolute Gasteiger partial charge is 0.00131 e. The van der Waals surface area contributed by atoms with Gasteiger partial charge in [-0.05, 0) is 56.2 Å². The molecule has 2 atom stereocenters. The molecule has 1 aromatic rings. The first-order chi connectivity index (χ1) is 7.00. The lowest BCUT2D eigenvalue weighted by Gasteiger charge is -2.16. The van der Waals surface area contributed by atoms with E-state index in [2.05, 4.69) is 45.9 Å². The van der Waals surface area contributed by atoms with Gasteiger partial charge in [0, 0.05) is 6.04 Å². The number of benzene rings is 1. The predicted octanol–water partition coefficient (Wildman–Crippen LogP) is 3.22. The zero-order chi connectivity index (χ0) is 11.4. The summed E-state index contributed by atoms with van der Waals surface area (Å²) in [6.07, 6.45) is 2.25. The molecule has 2 N–H and O–H groups in total. The molecule has 0 saturated carbocycles. The fraction of sp³-hybridized carbons (Fsp3) is 0.571. The molecule has 1 heteroatoms. The molecule has 0 bridgehead atoms. The summed E-state index contributed by atoms with van der Waals surface area (Å²) in [5.74, 6) is 0.672. The van der Waals surface area contributed by atoms with Crippen LogP contribution in [0, 0.1) is 19.8 Å². The van der Waals surface area contributed by atoms with Gasteiger partial charge in [0.2, 0.25) is 0 Å².